The lowest BCUT2D eigenvalue weighted by atomic mass is 10.1. The third kappa shape index (κ3) is 5.42. The summed E-state index contributed by atoms with van der Waals surface area (Å²) in [6.07, 6.45) is -0.750. The van der Waals surface area contributed by atoms with Crippen molar-refractivity contribution in [2.24, 2.45) is 0 Å². The molecule has 0 aliphatic carbocycles. The van der Waals surface area contributed by atoms with E-state index in [9.17, 15) is 18.0 Å². The second-order valence-corrected chi connectivity index (χ2v) is 5.86. The fourth-order valence-corrected chi connectivity index (χ4v) is 2.65. The predicted molar refractivity (Wildman–Crippen MR) is 83.4 cm³/mol. The van der Waals surface area contributed by atoms with E-state index in [0.29, 0.717) is 12.2 Å². The van der Waals surface area contributed by atoms with Gasteiger partial charge >= 0.3 is 12.2 Å². The predicted octanol–water partition coefficient (Wildman–Crippen LogP) is 3.70. The number of hydrogen-bond donors (Lipinski definition) is 2. The molecule has 128 valence electrons. The van der Waals surface area contributed by atoms with Gasteiger partial charge in [0.15, 0.2) is 0 Å². The molecule has 1 unspecified atom stereocenters. The highest BCUT2D eigenvalue weighted by Gasteiger charge is 2.30. The Kier molecular flexibility index (Phi) is 5.87. The number of likely N-dealkylation sites (tertiary alicyclic amines) is 1. The number of halogens is 3. The maximum absolute atomic E-state index is 12.5. The molecule has 2 amide bonds. The normalized spacial score (nSPS) is 17.6. The first-order valence-electron chi connectivity index (χ1n) is 7.82. The topological polar surface area (TPSA) is 44.4 Å². The van der Waals surface area contributed by atoms with Gasteiger partial charge in [0.1, 0.15) is 0 Å². The van der Waals surface area contributed by atoms with Crippen molar-refractivity contribution in [3.05, 3.63) is 29.8 Å². The van der Waals surface area contributed by atoms with Gasteiger partial charge in [0.05, 0.1) is 5.56 Å². The standard InChI is InChI=1S/C16H22F3N3O/c1-12(22-9-3-2-4-10-22)11-20-15(23)21-14-7-5-13(6-8-14)16(17,18)19/h5-8,12H,2-4,9-11H2,1H3,(H2,20,21,23). The molecule has 0 saturated carbocycles. The van der Waals surface area contributed by atoms with Crippen LogP contribution in [0.3, 0.4) is 0 Å². The van der Waals surface area contributed by atoms with Gasteiger partial charge in [0.25, 0.3) is 0 Å². The lowest BCUT2D eigenvalue weighted by Gasteiger charge is -2.32. The van der Waals surface area contributed by atoms with Crippen LogP contribution in [0.2, 0.25) is 0 Å². The fraction of sp³-hybridized carbons (Fsp3) is 0.562. The largest absolute Gasteiger partial charge is 0.416 e. The third-order valence-corrected chi connectivity index (χ3v) is 4.04. The van der Waals surface area contributed by atoms with Crippen molar-refractivity contribution in [2.45, 2.75) is 38.4 Å². The highest BCUT2D eigenvalue weighted by molar-refractivity contribution is 5.89. The number of benzene rings is 1. The molecule has 1 aromatic rings. The van der Waals surface area contributed by atoms with E-state index in [1.807, 2.05) is 0 Å². The average Bonchev–Trinajstić information content (AvgIpc) is 2.53. The van der Waals surface area contributed by atoms with Gasteiger partial charge in [-0.1, -0.05) is 6.42 Å². The molecule has 7 heteroatoms. The molecule has 0 bridgehead atoms. The quantitative estimate of drug-likeness (QED) is 0.885. The molecule has 4 nitrogen and oxygen atoms in total. The Balaban J connectivity index is 1.78. The van der Waals surface area contributed by atoms with E-state index < -0.39 is 17.8 Å². The van der Waals surface area contributed by atoms with Crippen LogP contribution in [-0.4, -0.2) is 36.6 Å². The van der Waals surface area contributed by atoms with Crippen molar-refractivity contribution in [3.8, 4) is 0 Å². The number of piperidine rings is 1. The van der Waals surface area contributed by atoms with Crippen molar-refractivity contribution < 1.29 is 18.0 Å². The number of anilines is 1. The van der Waals surface area contributed by atoms with E-state index in [0.717, 1.165) is 25.2 Å². The second kappa shape index (κ2) is 7.68. The molecule has 2 rings (SSSR count). The monoisotopic (exact) mass is 329 g/mol. The fourth-order valence-electron chi connectivity index (χ4n) is 2.65. The zero-order valence-electron chi connectivity index (χ0n) is 13.1. The summed E-state index contributed by atoms with van der Waals surface area (Å²) in [5, 5.41) is 5.30. The Labute approximate surface area is 134 Å². The molecule has 1 fully saturated rings. The molecule has 1 aliphatic heterocycles. The SMILES string of the molecule is CC(CNC(=O)Nc1ccc(C(F)(F)F)cc1)N1CCCCC1. The van der Waals surface area contributed by atoms with Crippen LogP contribution in [0.25, 0.3) is 0 Å². The molecular formula is C16H22F3N3O. The van der Waals surface area contributed by atoms with Crippen LogP contribution in [0.15, 0.2) is 24.3 Å². The number of nitrogens with zero attached hydrogens (tertiary/aromatic N) is 1. The molecule has 1 heterocycles. The number of carbonyl (C=O) groups is 1. The number of urea groups is 1. The minimum Gasteiger partial charge on any atom is -0.336 e. The molecule has 1 aromatic carbocycles. The summed E-state index contributed by atoms with van der Waals surface area (Å²) >= 11 is 0. The summed E-state index contributed by atoms with van der Waals surface area (Å²) in [6, 6.07) is 4.23. The summed E-state index contributed by atoms with van der Waals surface area (Å²) in [5.74, 6) is 0. The number of amides is 2. The van der Waals surface area contributed by atoms with E-state index in [2.05, 4.69) is 22.5 Å². The smallest absolute Gasteiger partial charge is 0.336 e. The lowest BCUT2D eigenvalue weighted by Crippen LogP contribution is -2.45. The van der Waals surface area contributed by atoms with Gasteiger partial charge in [-0.25, -0.2) is 4.79 Å². The highest BCUT2D eigenvalue weighted by atomic mass is 19.4. The van der Waals surface area contributed by atoms with Crippen LogP contribution in [0.5, 0.6) is 0 Å². The zero-order chi connectivity index (χ0) is 16.9. The summed E-state index contributed by atoms with van der Waals surface area (Å²) in [6.45, 7) is 4.66. The molecule has 0 spiro atoms. The van der Waals surface area contributed by atoms with Crippen molar-refractivity contribution in [1.82, 2.24) is 10.2 Å². The maximum atomic E-state index is 12.5. The molecule has 2 N–H and O–H groups in total. The van der Waals surface area contributed by atoms with Crippen LogP contribution in [0.1, 0.15) is 31.7 Å². The molecule has 1 aliphatic rings. The molecule has 1 atom stereocenters. The average molecular weight is 329 g/mol. The Morgan fingerprint density at radius 2 is 1.78 bits per heavy atom. The number of nitrogens with one attached hydrogen (secondary N) is 2. The van der Waals surface area contributed by atoms with E-state index >= 15 is 0 Å². The number of carbonyl (C=O) groups excluding carboxylic acids is 1. The first-order chi connectivity index (χ1) is 10.9. The number of hydrogen-bond acceptors (Lipinski definition) is 2. The minimum atomic E-state index is -4.37. The van der Waals surface area contributed by atoms with Gasteiger partial charge in [-0.05, 0) is 57.1 Å². The first-order valence-corrected chi connectivity index (χ1v) is 7.82. The first kappa shape index (κ1) is 17.6. The van der Waals surface area contributed by atoms with E-state index in [-0.39, 0.29) is 6.04 Å². The lowest BCUT2D eigenvalue weighted by molar-refractivity contribution is -0.137. The van der Waals surface area contributed by atoms with Crippen molar-refractivity contribution in [3.63, 3.8) is 0 Å². The van der Waals surface area contributed by atoms with Crippen molar-refractivity contribution >= 4 is 11.7 Å². The molecule has 0 aromatic heterocycles. The van der Waals surface area contributed by atoms with Gasteiger partial charge in [-0.3, -0.25) is 4.90 Å². The second-order valence-electron chi connectivity index (χ2n) is 5.86. The van der Waals surface area contributed by atoms with E-state index in [1.54, 1.807) is 0 Å². The van der Waals surface area contributed by atoms with Crippen LogP contribution in [-0.2, 0) is 6.18 Å². The maximum Gasteiger partial charge on any atom is 0.416 e. The Morgan fingerprint density at radius 3 is 2.35 bits per heavy atom. The third-order valence-electron chi connectivity index (χ3n) is 4.04. The summed E-state index contributed by atoms with van der Waals surface area (Å²) in [4.78, 5) is 14.2. The summed E-state index contributed by atoms with van der Waals surface area (Å²) in [5.41, 5.74) is -0.400. The molecule has 1 saturated heterocycles. The van der Waals surface area contributed by atoms with Crippen LogP contribution >= 0.6 is 0 Å². The number of alkyl halides is 3. The summed E-state index contributed by atoms with van der Waals surface area (Å²) < 4.78 is 37.4. The van der Waals surface area contributed by atoms with Crippen molar-refractivity contribution in [1.29, 1.82) is 0 Å². The van der Waals surface area contributed by atoms with Gasteiger partial charge in [0, 0.05) is 18.3 Å². The van der Waals surface area contributed by atoms with E-state index in [4.69, 9.17) is 0 Å². The molecule has 23 heavy (non-hydrogen) atoms. The number of rotatable bonds is 4. The zero-order valence-corrected chi connectivity index (χ0v) is 13.1. The molecular weight excluding hydrogens is 307 g/mol. The Bertz CT molecular complexity index is 510. The Morgan fingerprint density at radius 1 is 1.17 bits per heavy atom. The van der Waals surface area contributed by atoms with Gasteiger partial charge in [-0.2, -0.15) is 13.2 Å². The highest BCUT2D eigenvalue weighted by Crippen LogP contribution is 2.29. The van der Waals surface area contributed by atoms with Gasteiger partial charge < -0.3 is 10.6 Å². The molecule has 0 radical (unpaired) electrons. The van der Waals surface area contributed by atoms with Crippen LogP contribution < -0.4 is 10.6 Å². The summed E-state index contributed by atoms with van der Waals surface area (Å²) in [7, 11) is 0. The Hall–Kier alpha value is -1.76. The van der Waals surface area contributed by atoms with Gasteiger partial charge in [-0.15, -0.1) is 0 Å². The van der Waals surface area contributed by atoms with Crippen molar-refractivity contribution in [2.75, 3.05) is 25.0 Å². The van der Waals surface area contributed by atoms with Crippen LogP contribution in [0, 0.1) is 0 Å². The van der Waals surface area contributed by atoms with E-state index in [1.165, 1.54) is 31.4 Å². The van der Waals surface area contributed by atoms with Crippen LogP contribution in [0.4, 0.5) is 23.7 Å². The minimum absolute atomic E-state index is 0.244. The van der Waals surface area contributed by atoms with Gasteiger partial charge in [0.2, 0.25) is 0 Å².